The Morgan fingerprint density at radius 2 is 1.43 bits per heavy atom. The highest BCUT2D eigenvalue weighted by atomic mass is 16.3. The zero-order valence-electron chi connectivity index (χ0n) is 19.4. The summed E-state index contributed by atoms with van der Waals surface area (Å²) < 4.78 is 6.33. The van der Waals surface area contributed by atoms with Crippen molar-refractivity contribution < 1.29 is 4.42 Å². The number of allylic oxidation sites excluding steroid dienone is 1. The summed E-state index contributed by atoms with van der Waals surface area (Å²) in [6.07, 6.45) is 6.60. The third kappa shape index (κ3) is 3.22. The van der Waals surface area contributed by atoms with Gasteiger partial charge in [-0.05, 0) is 81.3 Å². The number of rotatable bonds is 3. The van der Waals surface area contributed by atoms with E-state index in [2.05, 4.69) is 97.1 Å². The van der Waals surface area contributed by atoms with Crippen LogP contribution in [0.4, 0.5) is 0 Å². The molecule has 0 bridgehead atoms. The third-order valence-electron chi connectivity index (χ3n) is 7.36. The van der Waals surface area contributed by atoms with Gasteiger partial charge in [-0.25, -0.2) is 0 Å². The van der Waals surface area contributed by atoms with Gasteiger partial charge in [0.1, 0.15) is 11.2 Å². The number of hydrogen-bond donors (Lipinski definition) is 1. The number of hydrogen-bond acceptors (Lipinski definition) is 2. The molecule has 168 valence electrons. The second-order valence-corrected chi connectivity index (χ2v) is 9.37. The summed E-state index contributed by atoms with van der Waals surface area (Å²) in [6.45, 7) is 0.518. The summed E-state index contributed by atoms with van der Waals surface area (Å²) >= 11 is 0. The lowest BCUT2D eigenvalue weighted by atomic mass is 9.87. The van der Waals surface area contributed by atoms with E-state index in [0.29, 0.717) is 6.54 Å². The lowest BCUT2D eigenvalue weighted by molar-refractivity contribution is 0.661. The molecule has 0 unspecified atom stereocenters. The van der Waals surface area contributed by atoms with Gasteiger partial charge in [-0.3, -0.25) is 0 Å². The molecule has 0 fully saturated rings. The van der Waals surface area contributed by atoms with Crippen LogP contribution in [0.3, 0.4) is 0 Å². The van der Waals surface area contributed by atoms with Crippen LogP contribution in [0.25, 0.3) is 61.0 Å². The van der Waals surface area contributed by atoms with Crippen molar-refractivity contribution in [3.05, 3.63) is 114 Å². The van der Waals surface area contributed by atoms with Crippen LogP contribution in [0.5, 0.6) is 0 Å². The second kappa shape index (κ2) is 7.97. The molecule has 2 heteroatoms. The van der Waals surface area contributed by atoms with Gasteiger partial charge in [0.2, 0.25) is 0 Å². The Kier molecular flexibility index (Phi) is 4.61. The van der Waals surface area contributed by atoms with Crippen LogP contribution in [0.15, 0.2) is 101 Å². The average Bonchev–Trinajstić information content (AvgIpc) is 3.31. The highest BCUT2D eigenvalue weighted by molar-refractivity contribution is 6.09. The number of nitrogens with two attached hydrogens (primary N) is 1. The molecule has 2 nitrogen and oxygen atoms in total. The van der Waals surface area contributed by atoms with Crippen LogP contribution in [-0.2, 0) is 13.0 Å². The predicted molar refractivity (Wildman–Crippen MR) is 147 cm³/mol. The zero-order chi connectivity index (χ0) is 23.4. The minimum Gasteiger partial charge on any atom is -0.456 e. The molecule has 6 aromatic rings. The first-order valence-corrected chi connectivity index (χ1v) is 12.3. The number of benzene rings is 5. The molecule has 0 spiro atoms. The Hall–Kier alpha value is -4.14. The van der Waals surface area contributed by atoms with Gasteiger partial charge in [-0.1, -0.05) is 78.9 Å². The van der Waals surface area contributed by atoms with Crippen molar-refractivity contribution in [2.75, 3.05) is 0 Å². The quantitative estimate of drug-likeness (QED) is 0.293. The fourth-order valence-electron chi connectivity index (χ4n) is 5.60. The van der Waals surface area contributed by atoms with Gasteiger partial charge in [0.15, 0.2) is 0 Å². The number of fused-ring (bicyclic) bond motifs is 6. The molecule has 0 saturated carbocycles. The Morgan fingerprint density at radius 3 is 2.23 bits per heavy atom. The van der Waals surface area contributed by atoms with Gasteiger partial charge in [0, 0.05) is 22.9 Å². The molecule has 5 aromatic carbocycles. The summed E-state index contributed by atoms with van der Waals surface area (Å²) in [7, 11) is 0. The van der Waals surface area contributed by atoms with E-state index in [1.165, 1.54) is 60.5 Å². The molecule has 1 aliphatic rings. The van der Waals surface area contributed by atoms with Crippen molar-refractivity contribution in [3.8, 4) is 22.3 Å². The molecule has 1 aliphatic carbocycles. The number of para-hydroxylation sites is 1. The van der Waals surface area contributed by atoms with E-state index >= 15 is 0 Å². The van der Waals surface area contributed by atoms with E-state index in [-0.39, 0.29) is 0 Å². The van der Waals surface area contributed by atoms with Crippen LogP contribution in [0.1, 0.15) is 23.1 Å². The Labute approximate surface area is 204 Å². The van der Waals surface area contributed by atoms with E-state index in [1.807, 2.05) is 6.07 Å². The third-order valence-corrected chi connectivity index (χ3v) is 7.36. The van der Waals surface area contributed by atoms with Crippen LogP contribution in [0.2, 0.25) is 0 Å². The molecule has 7 rings (SSSR count). The smallest absolute Gasteiger partial charge is 0.139 e. The van der Waals surface area contributed by atoms with Crippen molar-refractivity contribution in [1.29, 1.82) is 0 Å². The predicted octanol–water partition coefficient (Wildman–Crippen LogP) is 8.49. The standard InChI is InChI=1S/C33H25NO/c34-20-25-17-23-7-1-2-8-24(23)18-29(25)21-13-15-22(16-14-21)30-19-31-27-10-5-6-12-32(27)35-33(31)28-11-4-3-9-26(28)30/h1-3,5-10,12-19H,4,11,20,34H2. The van der Waals surface area contributed by atoms with Crippen molar-refractivity contribution in [1.82, 2.24) is 0 Å². The summed E-state index contributed by atoms with van der Waals surface area (Å²) in [5, 5.41) is 4.85. The zero-order valence-corrected chi connectivity index (χ0v) is 19.4. The first-order chi connectivity index (χ1) is 17.3. The monoisotopic (exact) mass is 451 g/mol. The highest BCUT2D eigenvalue weighted by Gasteiger charge is 2.20. The van der Waals surface area contributed by atoms with Gasteiger partial charge in [-0.2, -0.15) is 0 Å². The molecule has 2 N–H and O–H groups in total. The lowest BCUT2D eigenvalue weighted by Gasteiger charge is -2.17. The van der Waals surface area contributed by atoms with Crippen molar-refractivity contribution in [2.24, 2.45) is 5.73 Å². The molecule has 0 amide bonds. The molecule has 35 heavy (non-hydrogen) atoms. The minimum atomic E-state index is 0.518. The normalized spacial score (nSPS) is 13.1. The SMILES string of the molecule is NCc1cc2ccccc2cc1-c1ccc(-c2cc3c(oc4ccccc43)c3c2C=CCC3)cc1. The van der Waals surface area contributed by atoms with E-state index < -0.39 is 0 Å². The molecule has 0 radical (unpaired) electrons. The van der Waals surface area contributed by atoms with Gasteiger partial charge in [0.25, 0.3) is 0 Å². The van der Waals surface area contributed by atoms with Gasteiger partial charge >= 0.3 is 0 Å². The number of aryl methyl sites for hydroxylation is 1. The van der Waals surface area contributed by atoms with Crippen molar-refractivity contribution in [2.45, 2.75) is 19.4 Å². The molecular weight excluding hydrogens is 426 g/mol. The fourth-order valence-corrected chi connectivity index (χ4v) is 5.60. The van der Waals surface area contributed by atoms with E-state index in [9.17, 15) is 0 Å². The fraction of sp³-hybridized carbons (Fsp3) is 0.0909. The summed E-state index contributed by atoms with van der Waals surface area (Å²) in [4.78, 5) is 0. The molecule has 0 atom stereocenters. The first kappa shape index (κ1) is 20.3. The molecule has 0 saturated heterocycles. The highest BCUT2D eigenvalue weighted by Crippen LogP contribution is 2.41. The summed E-state index contributed by atoms with van der Waals surface area (Å²) in [6, 6.07) is 32.6. The van der Waals surface area contributed by atoms with Crippen LogP contribution < -0.4 is 5.73 Å². The Balaban J connectivity index is 1.40. The largest absolute Gasteiger partial charge is 0.456 e. The topological polar surface area (TPSA) is 39.2 Å². The molecule has 0 aliphatic heterocycles. The first-order valence-electron chi connectivity index (χ1n) is 12.3. The molecule has 1 aromatic heterocycles. The molecular formula is C33H25NO. The number of furan rings is 1. The second-order valence-electron chi connectivity index (χ2n) is 9.37. The van der Waals surface area contributed by atoms with E-state index in [4.69, 9.17) is 10.2 Å². The Bertz CT molecular complexity index is 1770. The van der Waals surface area contributed by atoms with E-state index in [0.717, 1.165) is 24.0 Å². The average molecular weight is 452 g/mol. The maximum atomic E-state index is 6.33. The minimum absolute atomic E-state index is 0.518. The van der Waals surface area contributed by atoms with Crippen LogP contribution in [-0.4, -0.2) is 0 Å². The van der Waals surface area contributed by atoms with Crippen LogP contribution >= 0.6 is 0 Å². The maximum absolute atomic E-state index is 6.33. The van der Waals surface area contributed by atoms with Gasteiger partial charge < -0.3 is 10.2 Å². The van der Waals surface area contributed by atoms with E-state index in [1.54, 1.807) is 0 Å². The van der Waals surface area contributed by atoms with Crippen molar-refractivity contribution in [3.63, 3.8) is 0 Å². The van der Waals surface area contributed by atoms with Crippen LogP contribution in [0, 0.1) is 0 Å². The maximum Gasteiger partial charge on any atom is 0.139 e. The summed E-state index contributed by atoms with van der Waals surface area (Å²) in [5.74, 6) is 0. The van der Waals surface area contributed by atoms with Gasteiger partial charge in [-0.15, -0.1) is 0 Å². The van der Waals surface area contributed by atoms with Gasteiger partial charge in [0.05, 0.1) is 0 Å². The molecule has 1 heterocycles. The summed E-state index contributed by atoms with van der Waals surface area (Å²) in [5.41, 5.74) is 16.8. The van der Waals surface area contributed by atoms with Crippen molar-refractivity contribution >= 4 is 38.8 Å². The lowest BCUT2D eigenvalue weighted by Crippen LogP contribution is -1.99. The Morgan fingerprint density at radius 1 is 0.714 bits per heavy atom.